The highest BCUT2D eigenvalue weighted by Crippen LogP contribution is 2.23. The molecule has 0 saturated heterocycles. The van der Waals surface area contributed by atoms with E-state index in [1.807, 2.05) is 0 Å². The number of nitrogen functional groups attached to an aromatic ring is 1. The van der Waals surface area contributed by atoms with Gasteiger partial charge in [-0.25, -0.2) is 0 Å². The van der Waals surface area contributed by atoms with Gasteiger partial charge in [0.1, 0.15) is 0 Å². The van der Waals surface area contributed by atoms with Gasteiger partial charge in [0.25, 0.3) is 0 Å². The largest absolute Gasteiger partial charge is 0.408 e. The molecule has 0 unspecified atom stereocenters. The van der Waals surface area contributed by atoms with Crippen molar-refractivity contribution in [2.24, 2.45) is 0 Å². The Hall–Kier alpha value is -1.68. The molecular weight excluding hydrogens is 264 g/mol. The van der Waals surface area contributed by atoms with Crippen LogP contribution in [0.5, 0.6) is 0 Å². The number of carbonyl (C=O) groups is 1. The van der Waals surface area contributed by atoms with E-state index in [0.717, 1.165) is 0 Å². The predicted octanol–water partition coefficient (Wildman–Crippen LogP) is 0.543. The maximum absolute atomic E-state index is 11.5. The highest BCUT2D eigenvalue weighted by atomic mass is 32.2. The van der Waals surface area contributed by atoms with Gasteiger partial charge in [0.15, 0.2) is 4.34 Å². The lowest BCUT2D eigenvalue weighted by Crippen LogP contribution is -2.14. The number of rotatable bonds is 4. The van der Waals surface area contributed by atoms with Crippen molar-refractivity contribution < 1.29 is 9.21 Å². The molecule has 2 heterocycles. The van der Waals surface area contributed by atoms with E-state index in [4.69, 9.17) is 10.2 Å². The highest BCUT2D eigenvalue weighted by Gasteiger charge is 2.10. The third-order valence-corrected chi connectivity index (χ3v) is 3.41. The van der Waals surface area contributed by atoms with Crippen molar-refractivity contribution in [2.75, 3.05) is 16.8 Å². The van der Waals surface area contributed by atoms with E-state index < -0.39 is 0 Å². The van der Waals surface area contributed by atoms with Gasteiger partial charge in [0, 0.05) is 6.92 Å². The van der Waals surface area contributed by atoms with Crippen molar-refractivity contribution in [2.45, 2.75) is 11.3 Å². The second-order valence-electron chi connectivity index (χ2n) is 2.87. The molecule has 2 aromatic heterocycles. The van der Waals surface area contributed by atoms with Crippen LogP contribution in [0.15, 0.2) is 8.76 Å². The van der Waals surface area contributed by atoms with Crippen LogP contribution in [-0.2, 0) is 4.79 Å². The summed E-state index contributed by atoms with van der Waals surface area (Å²) in [5.41, 5.74) is 5.41. The number of carbonyl (C=O) groups excluding carboxylic acids is 1. The zero-order valence-corrected chi connectivity index (χ0v) is 10.3. The van der Waals surface area contributed by atoms with Gasteiger partial charge in [-0.2, -0.15) is 0 Å². The van der Waals surface area contributed by atoms with Crippen LogP contribution in [0.1, 0.15) is 5.89 Å². The molecule has 2 rings (SSSR count). The van der Waals surface area contributed by atoms with E-state index in [0.29, 0.717) is 15.4 Å². The normalized spacial score (nSPS) is 10.4. The quantitative estimate of drug-likeness (QED) is 0.774. The molecule has 10 heteroatoms. The SMILES string of the molecule is Cc1nnc(NC(=O)CSc2nnc(N)s2)o1. The Labute approximate surface area is 104 Å². The average molecular weight is 272 g/mol. The van der Waals surface area contributed by atoms with Gasteiger partial charge < -0.3 is 10.2 Å². The Bertz CT molecular complexity index is 524. The summed E-state index contributed by atoms with van der Waals surface area (Å²) >= 11 is 2.47. The second kappa shape index (κ2) is 5.10. The van der Waals surface area contributed by atoms with Crippen molar-refractivity contribution in [3.63, 3.8) is 0 Å². The summed E-state index contributed by atoms with van der Waals surface area (Å²) in [4.78, 5) is 11.5. The summed E-state index contributed by atoms with van der Waals surface area (Å²) in [6.07, 6.45) is 0. The first-order chi connectivity index (χ1) is 8.13. The van der Waals surface area contributed by atoms with Crippen LogP contribution in [0.3, 0.4) is 0 Å². The smallest absolute Gasteiger partial charge is 0.322 e. The number of aryl methyl sites for hydroxylation is 1. The molecule has 0 spiro atoms. The fourth-order valence-corrected chi connectivity index (χ4v) is 2.34. The minimum Gasteiger partial charge on any atom is -0.408 e. The fraction of sp³-hybridized carbons (Fsp3) is 0.286. The van der Waals surface area contributed by atoms with Crippen LogP contribution in [0.4, 0.5) is 11.1 Å². The molecule has 1 amide bonds. The number of thioether (sulfide) groups is 1. The maximum Gasteiger partial charge on any atom is 0.322 e. The van der Waals surface area contributed by atoms with Crippen molar-refractivity contribution in [1.82, 2.24) is 20.4 Å². The topological polar surface area (TPSA) is 120 Å². The molecule has 17 heavy (non-hydrogen) atoms. The monoisotopic (exact) mass is 272 g/mol. The van der Waals surface area contributed by atoms with Crippen LogP contribution in [0, 0.1) is 6.92 Å². The van der Waals surface area contributed by atoms with Crippen molar-refractivity contribution in [1.29, 1.82) is 0 Å². The Morgan fingerprint density at radius 1 is 1.47 bits per heavy atom. The second-order valence-corrected chi connectivity index (χ2v) is 5.10. The first kappa shape index (κ1) is 11.8. The number of anilines is 2. The first-order valence-electron chi connectivity index (χ1n) is 4.45. The minimum absolute atomic E-state index is 0.0878. The molecule has 0 fully saturated rings. The summed E-state index contributed by atoms with van der Waals surface area (Å²) in [5.74, 6) is 0.313. The van der Waals surface area contributed by atoms with Crippen LogP contribution >= 0.6 is 23.1 Å². The first-order valence-corrected chi connectivity index (χ1v) is 6.25. The third kappa shape index (κ3) is 3.39. The Balaban J connectivity index is 1.82. The summed E-state index contributed by atoms with van der Waals surface area (Å²) < 4.78 is 5.64. The molecule has 0 aliphatic heterocycles. The van der Waals surface area contributed by atoms with E-state index in [1.165, 1.54) is 23.1 Å². The van der Waals surface area contributed by atoms with Crippen LogP contribution in [0.2, 0.25) is 0 Å². The summed E-state index contributed by atoms with van der Waals surface area (Å²) in [7, 11) is 0. The molecule has 8 nitrogen and oxygen atoms in total. The lowest BCUT2D eigenvalue weighted by Gasteiger charge is -1.97. The lowest BCUT2D eigenvalue weighted by atomic mass is 10.7. The number of hydrogen-bond donors (Lipinski definition) is 2. The molecule has 0 atom stereocenters. The Morgan fingerprint density at radius 2 is 2.29 bits per heavy atom. The van der Waals surface area contributed by atoms with Crippen LogP contribution in [-0.4, -0.2) is 32.1 Å². The lowest BCUT2D eigenvalue weighted by molar-refractivity contribution is -0.113. The van der Waals surface area contributed by atoms with Gasteiger partial charge in [-0.1, -0.05) is 28.2 Å². The predicted molar refractivity (Wildman–Crippen MR) is 62.7 cm³/mol. The zero-order chi connectivity index (χ0) is 12.3. The van der Waals surface area contributed by atoms with Crippen LogP contribution in [0.25, 0.3) is 0 Å². The van der Waals surface area contributed by atoms with Gasteiger partial charge in [-0.3, -0.25) is 10.1 Å². The van der Waals surface area contributed by atoms with Gasteiger partial charge in [-0.15, -0.1) is 15.3 Å². The van der Waals surface area contributed by atoms with Gasteiger partial charge in [0.05, 0.1) is 5.75 Å². The van der Waals surface area contributed by atoms with Crippen molar-refractivity contribution >= 4 is 40.2 Å². The Morgan fingerprint density at radius 3 is 2.88 bits per heavy atom. The van der Waals surface area contributed by atoms with E-state index in [2.05, 4.69) is 25.7 Å². The molecule has 2 aromatic rings. The maximum atomic E-state index is 11.5. The summed E-state index contributed by atoms with van der Waals surface area (Å²) in [6.45, 7) is 1.64. The van der Waals surface area contributed by atoms with E-state index in [-0.39, 0.29) is 17.7 Å². The number of nitrogens with two attached hydrogens (primary N) is 1. The molecule has 90 valence electrons. The minimum atomic E-state index is -0.257. The molecule has 0 aliphatic rings. The number of nitrogens with one attached hydrogen (secondary N) is 1. The zero-order valence-electron chi connectivity index (χ0n) is 8.71. The molecule has 0 bridgehead atoms. The van der Waals surface area contributed by atoms with Gasteiger partial charge >= 0.3 is 6.01 Å². The van der Waals surface area contributed by atoms with E-state index in [9.17, 15) is 4.79 Å². The molecule has 0 saturated carbocycles. The van der Waals surface area contributed by atoms with Gasteiger partial charge in [-0.05, 0) is 0 Å². The van der Waals surface area contributed by atoms with Crippen molar-refractivity contribution in [3.8, 4) is 0 Å². The molecule has 0 aromatic carbocycles. The number of amides is 1. The summed E-state index contributed by atoms with van der Waals surface area (Å²) in [6, 6.07) is 0.0878. The van der Waals surface area contributed by atoms with Crippen molar-refractivity contribution in [3.05, 3.63) is 5.89 Å². The number of aromatic nitrogens is 4. The highest BCUT2D eigenvalue weighted by molar-refractivity contribution is 8.01. The molecule has 0 aliphatic carbocycles. The third-order valence-electron chi connectivity index (χ3n) is 1.52. The number of nitrogens with zero attached hydrogens (tertiary/aromatic N) is 4. The van der Waals surface area contributed by atoms with E-state index in [1.54, 1.807) is 6.92 Å². The average Bonchev–Trinajstić information content (AvgIpc) is 2.85. The number of hydrogen-bond acceptors (Lipinski definition) is 9. The molecular formula is C7H8N6O2S2. The van der Waals surface area contributed by atoms with Crippen LogP contribution < -0.4 is 11.1 Å². The molecule has 3 N–H and O–H groups in total. The standard InChI is InChI=1S/C7H8N6O2S2/c1-3-10-12-6(15-3)9-4(14)2-16-7-13-11-5(8)17-7/h2H2,1H3,(H2,8,11)(H,9,12,14). The Kier molecular flexibility index (Phi) is 3.54. The summed E-state index contributed by atoms with van der Waals surface area (Å²) in [5, 5.41) is 17.5. The fourth-order valence-electron chi connectivity index (χ4n) is 0.908. The van der Waals surface area contributed by atoms with E-state index >= 15 is 0 Å². The van der Waals surface area contributed by atoms with Gasteiger partial charge in [0.2, 0.25) is 16.9 Å². The molecule has 0 radical (unpaired) electrons.